The first-order valence-corrected chi connectivity index (χ1v) is 14.2. The van der Waals surface area contributed by atoms with Gasteiger partial charge in [0.25, 0.3) is 11.8 Å². The lowest BCUT2D eigenvalue weighted by Gasteiger charge is -2.45. The minimum absolute atomic E-state index is 0.137. The number of aromatic nitrogens is 4. The molecule has 3 aromatic rings. The van der Waals surface area contributed by atoms with Gasteiger partial charge in [0.15, 0.2) is 0 Å². The molecule has 2 saturated heterocycles. The van der Waals surface area contributed by atoms with Gasteiger partial charge in [-0.3, -0.25) is 19.2 Å². The summed E-state index contributed by atoms with van der Waals surface area (Å²) in [6.45, 7) is 6.58. The summed E-state index contributed by atoms with van der Waals surface area (Å²) in [5.74, 6) is 0.438. The van der Waals surface area contributed by atoms with Crippen LogP contribution in [0.3, 0.4) is 0 Å². The molecule has 7 rings (SSSR count). The van der Waals surface area contributed by atoms with Gasteiger partial charge in [0.2, 0.25) is 0 Å². The average Bonchev–Trinajstić information content (AvgIpc) is 3.59. The van der Waals surface area contributed by atoms with Crippen LogP contribution in [0.1, 0.15) is 48.7 Å². The zero-order chi connectivity index (χ0) is 26.4. The smallest absolute Gasteiger partial charge is 0.260 e. The van der Waals surface area contributed by atoms with E-state index in [9.17, 15) is 9.59 Å². The molecule has 10 nitrogen and oxygen atoms in total. The molecular weight excluding hydrogens is 500 g/mol. The first kappa shape index (κ1) is 24.9. The molecule has 11 heteroatoms. The summed E-state index contributed by atoms with van der Waals surface area (Å²) in [6.07, 6.45) is 14.2. The molecule has 0 radical (unpaired) electrons. The third-order valence-electron chi connectivity index (χ3n) is 8.02. The van der Waals surface area contributed by atoms with Crippen LogP contribution in [0, 0.1) is 12.8 Å². The molecule has 0 aromatic carbocycles. The van der Waals surface area contributed by atoms with Crippen LogP contribution < -0.4 is 16.0 Å². The number of hydrogen-bond donors (Lipinski definition) is 3. The van der Waals surface area contributed by atoms with Gasteiger partial charge in [-0.2, -0.15) is 10.2 Å². The lowest BCUT2D eigenvalue weighted by Crippen LogP contribution is -2.50. The van der Waals surface area contributed by atoms with E-state index in [1.54, 1.807) is 27.7 Å². The molecule has 1 unspecified atom stereocenters. The van der Waals surface area contributed by atoms with E-state index >= 15 is 0 Å². The number of aryl methyl sites for hydroxylation is 2. The molecule has 1 saturated carbocycles. The Morgan fingerprint density at radius 3 is 2.71 bits per heavy atom. The summed E-state index contributed by atoms with van der Waals surface area (Å²) in [5.41, 5.74) is 3.60. The quantitative estimate of drug-likeness (QED) is 0.430. The molecule has 1 aliphatic carbocycles. The Balaban J connectivity index is 1.10. The van der Waals surface area contributed by atoms with Crippen LogP contribution in [0.15, 0.2) is 42.1 Å². The van der Waals surface area contributed by atoms with Gasteiger partial charge in [0.05, 0.1) is 33.9 Å². The van der Waals surface area contributed by atoms with E-state index in [1.807, 2.05) is 33.3 Å². The SMILES string of the molecule is Cc1nn(C)cc1-c1cn2ncc(C(=O)NC3=CC(C(=O)NCCN4CC5CCC4CC5)=CNC3C)c2s1. The Hall–Kier alpha value is -3.44. The van der Waals surface area contributed by atoms with Crippen LogP contribution in [-0.4, -0.2) is 67.8 Å². The molecule has 200 valence electrons. The normalized spacial score (nSPS) is 23.2. The largest absolute Gasteiger partial charge is 0.382 e. The zero-order valence-electron chi connectivity index (χ0n) is 22.0. The highest BCUT2D eigenvalue weighted by Crippen LogP contribution is 2.34. The molecule has 1 atom stereocenters. The van der Waals surface area contributed by atoms with Gasteiger partial charge in [-0.25, -0.2) is 4.52 Å². The second-order valence-electron chi connectivity index (χ2n) is 10.7. The Kier molecular flexibility index (Phi) is 6.56. The minimum atomic E-state index is -0.252. The number of dihydropyridines is 1. The average molecular weight is 535 g/mol. The summed E-state index contributed by atoms with van der Waals surface area (Å²) < 4.78 is 3.51. The third-order valence-corrected chi connectivity index (χ3v) is 9.16. The molecule has 2 amide bonds. The summed E-state index contributed by atoms with van der Waals surface area (Å²) in [5, 5.41) is 18.1. The Morgan fingerprint density at radius 2 is 2.00 bits per heavy atom. The number of rotatable bonds is 7. The highest BCUT2D eigenvalue weighted by molar-refractivity contribution is 7.21. The second-order valence-corrected chi connectivity index (χ2v) is 11.7. The van der Waals surface area contributed by atoms with Crippen molar-refractivity contribution in [3.05, 3.63) is 53.4 Å². The topological polar surface area (TPSA) is 109 Å². The number of thiazole rings is 1. The molecule has 0 spiro atoms. The van der Waals surface area contributed by atoms with Crippen molar-refractivity contribution in [1.29, 1.82) is 0 Å². The molecule has 3 N–H and O–H groups in total. The molecule has 3 fully saturated rings. The number of hydrogen-bond acceptors (Lipinski definition) is 7. The first-order valence-electron chi connectivity index (χ1n) is 13.3. The highest BCUT2D eigenvalue weighted by atomic mass is 32.1. The van der Waals surface area contributed by atoms with E-state index in [2.05, 4.69) is 31.0 Å². The lowest BCUT2D eigenvalue weighted by atomic mass is 9.80. The van der Waals surface area contributed by atoms with Crippen molar-refractivity contribution < 1.29 is 9.59 Å². The van der Waals surface area contributed by atoms with Crippen LogP contribution in [0.5, 0.6) is 0 Å². The summed E-state index contributed by atoms with van der Waals surface area (Å²) in [7, 11) is 1.89. The minimum Gasteiger partial charge on any atom is -0.382 e. The Bertz CT molecular complexity index is 1440. The van der Waals surface area contributed by atoms with Crippen molar-refractivity contribution in [2.45, 2.75) is 51.6 Å². The van der Waals surface area contributed by atoms with E-state index < -0.39 is 0 Å². The Labute approximate surface area is 225 Å². The van der Waals surface area contributed by atoms with E-state index in [4.69, 9.17) is 0 Å². The first-order chi connectivity index (χ1) is 18.4. The number of carbonyl (C=O) groups is 2. The number of amides is 2. The summed E-state index contributed by atoms with van der Waals surface area (Å²) in [6, 6.07) is 0.542. The molecule has 3 aliphatic heterocycles. The van der Waals surface area contributed by atoms with Crippen LogP contribution in [0.4, 0.5) is 0 Å². The number of fused-ring (bicyclic) bond motifs is 4. The van der Waals surface area contributed by atoms with E-state index in [0.717, 1.165) is 40.0 Å². The molecule has 6 heterocycles. The van der Waals surface area contributed by atoms with Gasteiger partial charge in [-0.1, -0.05) is 0 Å². The molecular formula is C27H34N8O2S. The molecule has 2 bridgehead atoms. The summed E-state index contributed by atoms with van der Waals surface area (Å²) >= 11 is 1.50. The highest BCUT2D eigenvalue weighted by Gasteiger charge is 2.33. The fourth-order valence-corrected chi connectivity index (χ4v) is 7.00. The molecule has 3 aromatic heterocycles. The molecule has 4 aliphatic rings. The second kappa shape index (κ2) is 10.0. The van der Waals surface area contributed by atoms with Crippen molar-refractivity contribution in [2.75, 3.05) is 19.6 Å². The molecule has 38 heavy (non-hydrogen) atoms. The third kappa shape index (κ3) is 4.76. The maximum Gasteiger partial charge on any atom is 0.260 e. The van der Waals surface area contributed by atoms with Crippen molar-refractivity contribution in [3.8, 4) is 10.4 Å². The predicted octanol–water partition coefficient (Wildman–Crippen LogP) is 2.58. The number of nitrogens with zero attached hydrogens (tertiary/aromatic N) is 5. The van der Waals surface area contributed by atoms with E-state index in [1.165, 1.54) is 37.0 Å². The lowest BCUT2D eigenvalue weighted by molar-refractivity contribution is -0.117. The van der Waals surface area contributed by atoms with Gasteiger partial charge in [-0.15, -0.1) is 11.3 Å². The number of nitrogens with one attached hydrogen (secondary N) is 3. The predicted molar refractivity (Wildman–Crippen MR) is 147 cm³/mol. The number of carbonyl (C=O) groups excluding carboxylic acids is 2. The fourth-order valence-electron chi connectivity index (χ4n) is 5.88. The zero-order valence-corrected chi connectivity index (χ0v) is 22.8. The maximum absolute atomic E-state index is 13.3. The van der Waals surface area contributed by atoms with Gasteiger partial charge < -0.3 is 16.0 Å². The van der Waals surface area contributed by atoms with Crippen molar-refractivity contribution in [2.24, 2.45) is 13.0 Å². The van der Waals surface area contributed by atoms with Crippen LogP contribution in [0.25, 0.3) is 15.3 Å². The maximum atomic E-state index is 13.3. The summed E-state index contributed by atoms with van der Waals surface area (Å²) in [4.78, 5) is 30.5. The van der Waals surface area contributed by atoms with E-state index in [-0.39, 0.29) is 17.9 Å². The van der Waals surface area contributed by atoms with Gasteiger partial charge in [-0.05, 0) is 51.5 Å². The standard InChI is InChI=1S/C27H34N8O2S/c1-16-22(14-33(3)32-16)24-15-35-27(38-24)21(12-30-35)26(37)31-23-10-19(11-29-17(23)2)25(36)28-8-9-34-13-18-4-6-20(34)7-5-18/h10-12,14-15,17-18,20,29H,4-9,13H2,1-3H3,(H,28,36)(H,31,37). The van der Waals surface area contributed by atoms with Crippen molar-refractivity contribution >= 4 is 28.0 Å². The Morgan fingerprint density at radius 1 is 1.18 bits per heavy atom. The van der Waals surface area contributed by atoms with Gasteiger partial charge in [0, 0.05) is 62.6 Å². The van der Waals surface area contributed by atoms with Gasteiger partial charge in [0.1, 0.15) is 4.83 Å². The van der Waals surface area contributed by atoms with Crippen LogP contribution in [0.2, 0.25) is 0 Å². The van der Waals surface area contributed by atoms with Crippen LogP contribution in [-0.2, 0) is 11.8 Å². The van der Waals surface area contributed by atoms with Gasteiger partial charge >= 0.3 is 0 Å². The van der Waals surface area contributed by atoms with Crippen LogP contribution >= 0.6 is 11.3 Å². The number of piperidine rings is 2. The van der Waals surface area contributed by atoms with Crippen molar-refractivity contribution in [1.82, 2.24) is 40.2 Å². The van der Waals surface area contributed by atoms with E-state index in [0.29, 0.717) is 29.4 Å². The fraction of sp³-hybridized carbons (Fsp3) is 0.481. The van der Waals surface area contributed by atoms with Crippen molar-refractivity contribution in [3.63, 3.8) is 0 Å². The monoisotopic (exact) mass is 534 g/mol.